The number of carbonyl (C=O) groups is 1. The predicted octanol–water partition coefficient (Wildman–Crippen LogP) is 1.48. The maximum Gasteiger partial charge on any atom is 0.261 e. The number of carbonyl (C=O) groups excluding carboxylic acids is 1. The Labute approximate surface area is 126 Å². The van der Waals surface area contributed by atoms with E-state index in [-0.39, 0.29) is 12.3 Å². The van der Waals surface area contributed by atoms with E-state index in [0.29, 0.717) is 23.1 Å². The Hall–Kier alpha value is -3.09. The Morgan fingerprint density at radius 1 is 1.14 bits per heavy atom. The molecule has 2 aromatic heterocycles. The van der Waals surface area contributed by atoms with Gasteiger partial charge in [0.25, 0.3) is 5.89 Å². The third kappa shape index (κ3) is 2.98. The first-order chi connectivity index (χ1) is 10.8. The molecule has 0 unspecified atom stereocenters. The lowest BCUT2D eigenvalue weighted by atomic mass is 10.2. The van der Waals surface area contributed by atoms with Crippen molar-refractivity contribution in [3.8, 4) is 22.8 Å². The van der Waals surface area contributed by atoms with Gasteiger partial charge in [0.1, 0.15) is 0 Å². The number of hydrogen-bond donors (Lipinski definition) is 1. The smallest absolute Gasteiger partial charge is 0.261 e. The van der Waals surface area contributed by atoms with E-state index in [1.165, 1.54) is 0 Å². The molecular weight excluding hydrogens is 282 g/mol. The molecule has 3 rings (SSSR count). The van der Waals surface area contributed by atoms with Gasteiger partial charge in [0.15, 0.2) is 11.6 Å². The molecule has 0 saturated heterocycles. The van der Waals surface area contributed by atoms with E-state index in [4.69, 9.17) is 4.52 Å². The van der Waals surface area contributed by atoms with Crippen LogP contribution in [0.4, 0.5) is 0 Å². The summed E-state index contributed by atoms with van der Waals surface area (Å²) in [6, 6.07) is 9.65. The third-order valence-electron chi connectivity index (χ3n) is 3.00. The van der Waals surface area contributed by atoms with E-state index < -0.39 is 0 Å². The molecule has 0 aliphatic rings. The largest absolute Gasteiger partial charge is 0.359 e. The highest BCUT2D eigenvalue weighted by molar-refractivity contribution is 5.77. The molecular formula is C15H13N5O2. The van der Waals surface area contributed by atoms with Gasteiger partial charge in [-0.05, 0) is 0 Å². The Morgan fingerprint density at radius 3 is 2.55 bits per heavy atom. The molecule has 1 amide bonds. The molecule has 3 aromatic rings. The molecule has 110 valence electrons. The predicted molar refractivity (Wildman–Crippen MR) is 78.5 cm³/mol. The number of nitrogens with one attached hydrogen (secondary N) is 1. The fraction of sp³-hybridized carbons (Fsp3) is 0.133. The minimum absolute atomic E-state index is 0.0724. The summed E-state index contributed by atoms with van der Waals surface area (Å²) >= 11 is 0. The zero-order chi connectivity index (χ0) is 15.4. The number of hydrogen-bond acceptors (Lipinski definition) is 6. The Bertz CT molecular complexity index is 768. The number of benzene rings is 1. The van der Waals surface area contributed by atoms with Gasteiger partial charge < -0.3 is 9.84 Å². The molecule has 0 bridgehead atoms. The lowest BCUT2D eigenvalue weighted by Crippen LogP contribution is -2.20. The zero-order valence-electron chi connectivity index (χ0n) is 11.9. The van der Waals surface area contributed by atoms with Crippen LogP contribution in [0.2, 0.25) is 0 Å². The molecule has 7 nitrogen and oxygen atoms in total. The summed E-state index contributed by atoms with van der Waals surface area (Å²) in [6.07, 6.45) is 3.31. The normalized spacial score (nSPS) is 10.4. The van der Waals surface area contributed by atoms with E-state index in [9.17, 15) is 4.79 Å². The van der Waals surface area contributed by atoms with Gasteiger partial charge in [0, 0.05) is 25.0 Å². The van der Waals surface area contributed by atoms with Crippen molar-refractivity contribution in [3.63, 3.8) is 0 Å². The highest BCUT2D eigenvalue weighted by Gasteiger charge is 2.12. The second kappa shape index (κ2) is 6.13. The van der Waals surface area contributed by atoms with Crippen LogP contribution in [0.3, 0.4) is 0 Å². The van der Waals surface area contributed by atoms with Crippen LogP contribution in [0.15, 0.2) is 47.2 Å². The van der Waals surface area contributed by atoms with Gasteiger partial charge in [-0.1, -0.05) is 35.5 Å². The van der Waals surface area contributed by atoms with Crippen molar-refractivity contribution < 1.29 is 9.32 Å². The summed E-state index contributed by atoms with van der Waals surface area (Å²) in [5, 5.41) is 6.26. The molecule has 0 aliphatic carbocycles. The molecule has 0 fully saturated rings. The van der Waals surface area contributed by atoms with Gasteiger partial charge in [-0.25, -0.2) is 9.97 Å². The summed E-state index contributed by atoms with van der Waals surface area (Å²) in [4.78, 5) is 24.0. The van der Waals surface area contributed by atoms with Crippen molar-refractivity contribution >= 4 is 5.91 Å². The Kier molecular flexibility index (Phi) is 3.86. The highest BCUT2D eigenvalue weighted by atomic mass is 16.5. The topological polar surface area (TPSA) is 93.8 Å². The number of rotatable bonds is 4. The SMILES string of the molecule is CNC(=O)Cc1noc(-c2cnc(-c3ccccc3)nc2)n1. The van der Waals surface area contributed by atoms with Crippen LogP contribution in [-0.4, -0.2) is 33.1 Å². The van der Waals surface area contributed by atoms with Crippen molar-refractivity contribution in [3.05, 3.63) is 48.5 Å². The molecule has 0 radical (unpaired) electrons. The lowest BCUT2D eigenvalue weighted by molar-refractivity contribution is -0.120. The fourth-order valence-corrected chi connectivity index (χ4v) is 1.85. The van der Waals surface area contributed by atoms with Crippen molar-refractivity contribution in [1.82, 2.24) is 25.4 Å². The molecule has 0 spiro atoms. The first-order valence-corrected chi connectivity index (χ1v) is 6.67. The highest BCUT2D eigenvalue weighted by Crippen LogP contribution is 2.18. The summed E-state index contributed by atoms with van der Waals surface area (Å²) in [6.45, 7) is 0. The molecule has 22 heavy (non-hydrogen) atoms. The fourth-order valence-electron chi connectivity index (χ4n) is 1.85. The molecule has 2 heterocycles. The maximum absolute atomic E-state index is 11.3. The van der Waals surface area contributed by atoms with Crippen molar-refractivity contribution in [1.29, 1.82) is 0 Å². The first kappa shape index (κ1) is 13.9. The van der Waals surface area contributed by atoms with Gasteiger partial charge in [-0.2, -0.15) is 4.98 Å². The minimum Gasteiger partial charge on any atom is -0.359 e. The summed E-state index contributed by atoms with van der Waals surface area (Å²) < 4.78 is 5.12. The molecule has 1 N–H and O–H groups in total. The number of amides is 1. The molecule has 0 aliphatic heterocycles. The molecule has 1 aromatic carbocycles. The third-order valence-corrected chi connectivity index (χ3v) is 3.00. The molecule has 0 atom stereocenters. The van der Waals surface area contributed by atoms with Gasteiger partial charge in [-0.15, -0.1) is 0 Å². The van der Waals surface area contributed by atoms with Crippen molar-refractivity contribution in [2.75, 3.05) is 7.05 Å². The first-order valence-electron chi connectivity index (χ1n) is 6.67. The van der Waals surface area contributed by atoms with E-state index in [1.54, 1.807) is 19.4 Å². The lowest BCUT2D eigenvalue weighted by Gasteiger charge is -1.99. The van der Waals surface area contributed by atoms with Crippen LogP contribution in [-0.2, 0) is 11.2 Å². The maximum atomic E-state index is 11.3. The average molecular weight is 295 g/mol. The van der Waals surface area contributed by atoms with Crippen LogP contribution >= 0.6 is 0 Å². The molecule has 7 heteroatoms. The van der Waals surface area contributed by atoms with Gasteiger partial charge >= 0.3 is 0 Å². The van der Waals surface area contributed by atoms with Crippen molar-refractivity contribution in [2.45, 2.75) is 6.42 Å². The summed E-state index contributed by atoms with van der Waals surface area (Å²) in [5.74, 6) is 1.05. The standard InChI is InChI=1S/C15H13N5O2/c1-16-13(21)7-12-19-15(22-20-12)11-8-17-14(18-9-11)10-5-3-2-4-6-10/h2-6,8-9H,7H2,1H3,(H,16,21). The van der Waals surface area contributed by atoms with Gasteiger partial charge in [-0.3, -0.25) is 4.79 Å². The second-order valence-corrected chi connectivity index (χ2v) is 4.53. The Balaban J connectivity index is 1.80. The van der Waals surface area contributed by atoms with Crippen molar-refractivity contribution in [2.24, 2.45) is 0 Å². The van der Waals surface area contributed by atoms with Crippen LogP contribution in [0, 0.1) is 0 Å². The zero-order valence-corrected chi connectivity index (χ0v) is 11.9. The van der Waals surface area contributed by atoms with Gasteiger partial charge in [0.05, 0.1) is 12.0 Å². The average Bonchev–Trinajstić information content (AvgIpc) is 3.04. The second-order valence-electron chi connectivity index (χ2n) is 4.53. The number of nitrogens with zero attached hydrogens (tertiary/aromatic N) is 4. The van der Waals surface area contributed by atoms with Crippen LogP contribution in [0.5, 0.6) is 0 Å². The quantitative estimate of drug-likeness (QED) is 0.783. The van der Waals surface area contributed by atoms with E-state index >= 15 is 0 Å². The monoisotopic (exact) mass is 295 g/mol. The number of aromatic nitrogens is 4. The van der Waals surface area contributed by atoms with E-state index in [0.717, 1.165) is 5.56 Å². The Morgan fingerprint density at radius 2 is 1.86 bits per heavy atom. The van der Waals surface area contributed by atoms with Crippen LogP contribution in [0.1, 0.15) is 5.82 Å². The van der Waals surface area contributed by atoms with E-state index in [2.05, 4.69) is 25.4 Å². The summed E-state index contributed by atoms with van der Waals surface area (Å²) in [5.41, 5.74) is 1.54. The van der Waals surface area contributed by atoms with E-state index in [1.807, 2.05) is 30.3 Å². The summed E-state index contributed by atoms with van der Waals surface area (Å²) in [7, 11) is 1.56. The minimum atomic E-state index is -0.178. The van der Waals surface area contributed by atoms with Gasteiger partial charge in [0.2, 0.25) is 5.91 Å². The van der Waals surface area contributed by atoms with Crippen LogP contribution < -0.4 is 5.32 Å². The number of likely N-dealkylation sites (N-methyl/N-ethyl adjacent to an activating group) is 1. The van der Waals surface area contributed by atoms with Crippen LogP contribution in [0.25, 0.3) is 22.8 Å². The molecule has 0 saturated carbocycles.